The number of hydrogen-bond acceptors (Lipinski definition) is 3. The standard InChI is InChI=1S/C16H26N2O/c1-17-14(11-10-13-7-4-3-5-8-13)16-15(19-2)9-6-12-18-16/h6,9,12-14,17H,3-5,7-8,10-11H2,1-2H3. The molecule has 19 heavy (non-hydrogen) atoms. The number of nitrogens with one attached hydrogen (secondary N) is 1. The average molecular weight is 262 g/mol. The van der Waals surface area contributed by atoms with Crippen molar-refractivity contribution >= 4 is 0 Å². The highest BCUT2D eigenvalue weighted by molar-refractivity contribution is 5.29. The van der Waals surface area contributed by atoms with Crippen molar-refractivity contribution in [3.63, 3.8) is 0 Å². The second-order valence-corrected chi connectivity index (χ2v) is 5.51. The molecule has 1 atom stereocenters. The fourth-order valence-corrected chi connectivity index (χ4v) is 3.13. The van der Waals surface area contributed by atoms with Crippen LogP contribution in [0.2, 0.25) is 0 Å². The Bertz CT molecular complexity index is 375. The Morgan fingerprint density at radius 2 is 2.16 bits per heavy atom. The van der Waals surface area contributed by atoms with Crippen molar-refractivity contribution < 1.29 is 4.74 Å². The molecule has 3 nitrogen and oxygen atoms in total. The van der Waals surface area contributed by atoms with Gasteiger partial charge in [0.15, 0.2) is 0 Å². The molecule has 1 fully saturated rings. The molecule has 1 N–H and O–H groups in total. The van der Waals surface area contributed by atoms with E-state index in [9.17, 15) is 0 Å². The molecule has 0 aliphatic heterocycles. The fraction of sp³-hybridized carbons (Fsp3) is 0.688. The summed E-state index contributed by atoms with van der Waals surface area (Å²) in [7, 11) is 3.73. The minimum Gasteiger partial charge on any atom is -0.495 e. The molecule has 1 unspecified atom stereocenters. The van der Waals surface area contributed by atoms with Crippen LogP contribution >= 0.6 is 0 Å². The zero-order valence-electron chi connectivity index (χ0n) is 12.2. The van der Waals surface area contributed by atoms with Gasteiger partial charge in [-0.3, -0.25) is 4.98 Å². The molecule has 1 aromatic heterocycles. The molecule has 1 saturated carbocycles. The number of hydrogen-bond donors (Lipinski definition) is 1. The van der Waals surface area contributed by atoms with Crippen LogP contribution < -0.4 is 10.1 Å². The van der Waals surface area contributed by atoms with E-state index in [2.05, 4.69) is 10.3 Å². The molecule has 0 saturated heterocycles. The molecule has 0 amide bonds. The SMILES string of the molecule is CNC(CCC1CCCCC1)c1ncccc1OC. The summed E-state index contributed by atoms with van der Waals surface area (Å²) in [6.45, 7) is 0. The molecule has 1 heterocycles. The van der Waals surface area contributed by atoms with Gasteiger partial charge in [-0.15, -0.1) is 0 Å². The van der Waals surface area contributed by atoms with E-state index in [4.69, 9.17) is 4.74 Å². The minimum atomic E-state index is 0.304. The topological polar surface area (TPSA) is 34.2 Å². The first kappa shape index (κ1) is 14.3. The van der Waals surface area contributed by atoms with Crippen LogP contribution in [0.4, 0.5) is 0 Å². The lowest BCUT2D eigenvalue weighted by Gasteiger charge is -2.24. The average Bonchev–Trinajstić information content (AvgIpc) is 2.49. The maximum atomic E-state index is 5.42. The minimum absolute atomic E-state index is 0.304. The molecule has 0 radical (unpaired) electrons. The van der Waals surface area contributed by atoms with E-state index >= 15 is 0 Å². The van der Waals surface area contributed by atoms with Gasteiger partial charge in [-0.05, 0) is 37.9 Å². The zero-order chi connectivity index (χ0) is 13.5. The van der Waals surface area contributed by atoms with Crippen molar-refractivity contribution in [3.8, 4) is 5.75 Å². The first-order valence-electron chi connectivity index (χ1n) is 7.51. The van der Waals surface area contributed by atoms with Crippen LogP contribution in [-0.2, 0) is 0 Å². The van der Waals surface area contributed by atoms with Crippen molar-refractivity contribution in [2.75, 3.05) is 14.2 Å². The van der Waals surface area contributed by atoms with Gasteiger partial charge in [0.25, 0.3) is 0 Å². The number of aromatic nitrogens is 1. The molecule has 0 aromatic carbocycles. The smallest absolute Gasteiger partial charge is 0.141 e. The van der Waals surface area contributed by atoms with Crippen LogP contribution in [0.15, 0.2) is 18.3 Å². The maximum Gasteiger partial charge on any atom is 0.141 e. The van der Waals surface area contributed by atoms with Gasteiger partial charge in [0.2, 0.25) is 0 Å². The van der Waals surface area contributed by atoms with Crippen LogP contribution in [-0.4, -0.2) is 19.1 Å². The van der Waals surface area contributed by atoms with Crippen LogP contribution in [0.1, 0.15) is 56.7 Å². The molecular formula is C16H26N2O. The Balaban J connectivity index is 1.95. The third-order valence-electron chi connectivity index (χ3n) is 4.29. The van der Waals surface area contributed by atoms with Gasteiger partial charge in [-0.1, -0.05) is 32.1 Å². The summed E-state index contributed by atoms with van der Waals surface area (Å²) >= 11 is 0. The van der Waals surface area contributed by atoms with Gasteiger partial charge >= 0.3 is 0 Å². The van der Waals surface area contributed by atoms with Crippen molar-refractivity contribution in [2.45, 2.75) is 51.0 Å². The lowest BCUT2D eigenvalue weighted by molar-refractivity contribution is 0.313. The Morgan fingerprint density at radius 1 is 1.37 bits per heavy atom. The van der Waals surface area contributed by atoms with E-state index in [1.807, 2.05) is 25.4 Å². The van der Waals surface area contributed by atoms with E-state index in [0.29, 0.717) is 6.04 Å². The number of rotatable bonds is 6. The lowest BCUT2D eigenvalue weighted by Crippen LogP contribution is -2.20. The van der Waals surface area contributed by atoms with Crippen molar-refractivity contribution in [1.82, 2.24) is 10.3 Å². The predicted molar refractivity (Wildman–Crippen MR) is 78.4 cm³/mol. The number of nitrogens with zero attached hydrogens (tertiary/aromatic N) is 1. The zero-order valence-corrected chi connectivity index (χ0v) is 12.2. The van der Waals surface area contributed by atoms with Crippen LogP contribution in [0.25, 0.3) is 0 Å². The number of methoxy groups -OCH3 is 1. The van der Waals surface area contributed by atoms with Crippen LogP contribution in [0.3, 0.4) is 0 Å². The Morgan fingerprint density at radius 3 is 2.84 bits per heavy atom. The summed E-state index contributed by atoms with van der Waals surface area (Å²) in [6.07, 6.45) is 11.4. The summed E-state index contributed by atoms with van der Waals surface area (Å²) < 4.78 is 5.42. The lowest BCUT2D eigenvalue weighted by atomic mass is 9.85. The molecular weight excluding hydrogens is 236 g/mol. The third-order valence-corrected chi connectivity index (χ3v) is 4.29. The molecule has 106 valence electrons. The Hall–Kier alpha value is -1.09. The van der Waals surface area contributed by atoms with Gasteiger partial charge in [0.05, 0.1) is 18.8 Å². The van der Waals surface area contributed by atoms with Crippen LogP contribution in [0.5, 0.6) is 5.75 Å². The molecule has 0 bridgehead atoms. The molecule has 1 aromatic rings. The molecule has 3 heteroatoms. The van der Waals surface area contributed by atoms with Gasteiger partial charge < -0.3 is 10.1 Å². The normalized spacial score (nSPS) is 18.2. The van der Waals surface area contributed by atoms with E-state index in [0.717, 1.165) is 23.8 Å². The van der Waals surface area contributed by atoms with E-state index < -0.39 is 0 Å². The van der Waals surface area contributed by atoms with Crippen molar-refractivity contribution in [3.05, 3.63) is 24.0 Å². The highest BCUT2D eigenvalue weighted by Crippen LogP contribution is 2.31. The quantitative estimate of drug-likeness (QED) is 0.848. The summed E-state index contributed by atoms with van der Waals surface area (Å²) in [5.41, 5.74) is 1.04. The highest BCUT2D eigenvalue weighted by atomic mass is 16.5. The van der Waals surface area contributed by atoms with Gasteiger partial charge in [-0.2, -0.15) is 0 Å². The summed E-state index contributed by atoms with van der Waals surface area (Å²) in [5.74, 6) is 1.81. The first-order chi connectivity index (χ1) is 9.35. The Kier molecular flexibility index (Phi) is 5.64. The summed E-state index contributed by atoms with van der Waals surface area (Å²) in [6, 6.07) is 4.22. The molecule has 0 spiro atoms. The van der Waals surface area contributed by atoms with E-state index in [-0.39, 0.29) is 0 Å². The van der Waals surface area contributed by atoms with Gasteiger partial charge in [0.1, 0.15) is 5.75 Å². The predicted octanol–water partition coefficient (Wildman–Crippen LogP) is 3.71. The fourth-order valence-electron chi connectivity index (χ4n) is 3.13. The third kappa shape index (κ3) is 3.93. The maximum absolute atomic E-state index is 5.42. The van der Waals surface area contributed by atoms with Crippen LogP contribution in [0, 0.1) is 5.92 Å². The summed E-state index contributed by atoms with van der Waals surface area (Å²) in [4.78, 5) is 4.50. The Labute approximate surface area is 116 Å². The van der Waals surface area contributed by atoms with E-state index in [1.54, 1.807) is 7.11 Å². The number of ether oxygens (including phenoxy) is 1. The van der Waals surface area contributed by atoms with Crippen molar-refractivity contribution in [1.29, 1.82) is 0 Å². The molecule has 2 rings (SSSR count). The first-order valence-corrected chi connectivity index (χ1v) is 7.51. The van der Waals surface area contributed by atoms with Gasteiger partial charge in [0, 0.05) is 6.20 Å². The number of pyridine rings is 1. The largest absolute Gasteiger partial charge is 0.495 e. The molecule has 1 aliphatic rings. The molecule has 1 aliphatic carbocycles. The van der Waals surface area contributed by atoms with Gasteiger partial charge in [-0.25, -0.2) is 0 Å². The summed E-state index contributed by atoms with van der Waals surface area (Å²) in [5, 5.41) is 3.39. The van der Waals surface area contributed by atoms with E-state index in [1.165, 1.54) is 38.5 Å². The second-order valence-electron chi connectivity index (χ2n) is 5.51. The highest BCUT2D eigenvalue weighted by Gasteiger charge is 2.19. The second kappa shape index (κ2) is 7.49. The monoisotopic (exact) mass is 262 g/mol. The van der Waals surface area contributed by atoms with Crippen molar-refractivity contribution in [2.24, 2.45) is 5.92 Å².